The molecule has 0 amide bonds. The summed E-state index contributed by atoms with van der Waals surface area (Å²) in [6.45, 7) is 1.22. The number of hydrogen-bond donors (Lipinski definition) is 3. The van der Waals surface area contributed by atoms with E-state index in [-0.39, 0.29) is 5.96 Å². The summed E-state index contributed by atoms with van der Waals surface area (Å²) >= 11 is 1.60. The first-order chi connectivity index (χ1) is 12.1. The Kier molecular flexibility index (Phi) is 3.38. The molecule has 4 N–H and O–H groups in total. The van der Waals surface area contributed by atoms with Crippen LogP contribution in [0.2, 0.25) is 0 Å². The van der Waals surface area contributed by atoms with E-state index in [1.54, 1.807) is 16.9 Å². The van der Waals surface area contributed by atoms with E-state index < -0.39 is 0 Å². The summed E-state index contributed by atoms with van der Waals surface area (Å²) in [4.78, 5) is 7.30. The molecule has 2 heterocycles. The van der Waals surface area contributed by atoms with Crippen molar-refractivity contribution in [2.45, 2.75) is 50.0 Å². The quantitative estimate of drug-likeness (QED) is 0.542. The fourth-order valence-electron chi connectivity index (χ4n) is 5.80. The molecule has 0 unspecified atom stereocenters. The van der Waals surface area contributed by atoms with Crippen LogP contribution in [0.4, 0.5) is 5.13 Å². The third kappa shape index (κ3) is 2.23. The van der Waals surface area contributed by atoms with E-state index in [2.05, 4.69) is 29.4 Å². The number of hydrogen-bond acceptors (Lipinski definition) is 4. The standard InChI is InChI=1S/C19H25N5S/c1-24-7-6-19-5-3-2-4-12(19)15(24)8-11-9-16-14(10-13(11)19)22-18(25-16)23-17(20)21/h9-10,12,15H,2-8H2,1H3,(H4,20,21,22,23)/t12-,15+,19+/m0/s1. The second-order valence-corrected chi connectivity index (χ2v) is 9.08. The normalized spacial score (nSPS) is 31.4. The number of rotatable bonds is 1. The van der Waals surface area contributed by atoms with Gasteiger partial charge >= 0.3 is 0 Å². The molecule has 1 aliphatic heterocycles. The number of piperidine rings is 1. The average Bonchev–Trinajstić information content (AvgIpc) is 2.97. The molecular weight excluding hydrogens is 330 g/mol. The number of thiazole rings is 1. The van der Waals surface area contributed by atoms with Gasteiger partial charge in [-0.1, -0.05) is 24.2 Å². The molecule has 1 aromatic heterocycles. The largest absolute Gasteiger partial charge is 0.370 e. The van der Waals surface area contributed by atoms with Gasteiger partial charge in [0.25, 0.3) is 0 Å². The Morgan fingerprint density at radius 2 is 2.28 bits per heavy atom. The van der Waals surface area contributed by atoms with Crippen LogP contribution in [-0.2, 0) is 11.8 Å². The zero-order valence-electron chi connectivity index (χ0n) is 14.6. The van der Waals surface area contributed by atoms with E-state index in [4.69, 9.17) is 16.1 Å². The van der Waals surface area contributed by atoms with Crippen LogP contribution < -0.4 is 11.1 Å². The number of fused-ring (bicyclic) bond motifs is 2. The Hall–Kier alpha value is -1.66. The van der Waals surface area contributed by atoms with Gasteiger partial charge in [-0.15, -0.1) is 0 Å². The summed E-state index contributed by atoms with van der Waals surface area (Å²) in [5, 5.41) is 11.0. The van der Waals surface area contributed by atoms with E-state index in [0.717, 1.165) is 16.6 Å². The smallest absolute Gasteiger partial charge is 0.192 e. The van der Waals surface area contributed by atoms with Crippen molar-refractivity contribution in [2.75, 3.05) is 18.9 Å². The maximum atomic E-state index is 7.44. The Morgan fingerprint density at radius 3 is 3.12 bits per heavy atom. The molecule has 2 fully saturated rings. The second kappa shape index (κ2) is 5.42. The van der Waals surface area contributed by atoms with Gasteiger partial charge in [0, 0.05) is 11.5 Å². The lowest BCUT2D eigenvalue weighted by molar-refractivity contribution is 0.00298. The van der Waals surface area contributed by atoms with Gasteiger partial charge in [0.15, 0.2) is 11.1 Å². The van der Waals surface area contributed by atoms with Gasteiger partial charge in [0.1, 0.15) is 0 Å². The first-order valence-electron chi connectivity index (χ1n) is 9.32. The highest BCUT2D eigenvalue weighted by atomic mass is 32.1. The lowest BCUT2D eigenvalue weighted by Crippen LogP contribution is -2.59. The topological polar surface area (TPSA) is 78.0 Å². The molecule has 6 heteroatoms. The summed E-state index contributed by atoms with van der Waals surface area (Å²) in [6.07, 6.45) is 7.91. The Balaban J connectivity index is 1.67. The number of likely N-dealkylation sites (tertiary alicyclic amines) is 1. The minimum Gasteiger partial charge on any atom is -0.370 e. The number of anilines is 1. The number of nitrogens with one attached hydrogen (secondary N) is 2. The lowest BCUT2D eigenvalue weighted by Gasteiger charge is -2.58. The fourth-order valence-corrected chi connectivity index (χ4v) is 6.72. The van der Waals surface area contributed by atoms with Crippen molar-refractivity contribution >= 4 is 32.6 Å². The van der Waals surface area contributed by atoms with E-state index in [1.165, 1.54) is 55.3 Å². The molecule has 3 aliphatic rings. The highest BCUT2D eigenvalue weighted by Gasteiger charge is 2.53. The zero-order chi connectivity index (χ0) is 17.2. The third-order valence-electron chi connectivity index (χ3n) is 6.86. The third-order valence-corrected chi connectivity index (χ3v) is 7.79. The predicted octanol–water partition coefficient (Wildman–Crippen LogP) is 3.29. The van der Waals surface area contributed by atoms with E-state index in [1.807, 2.05) is 0 Å². The number of aromatic nitrogens is 1. The minimum atomic E-state index is -0.0489. The highest BCUT2D eigenvalue weighted by Crippen LogP contribution is 2.56. The number of nitrogens with zero attached hydrogens (tertiary/aromatic N) is 2. The van der Waals surface area contributed by atoms with Crippen LogP contribution in [0.5, 0.6) is 0 Å². The maximum absolute atomic E-state index is 7.44. The monoisotopic (exact) mass is 355 g/mol. The molecule has 2 aromatic rings. The van der Waals surface area contributed by atoms with Gasteiger partial charge in [0.2, 0.25) is 0 Å². The molecule has 1 saturated carbocycles. The molecule has 5 nitrogen and oxygen atoms in total. The first kappa shape index (κ1) is 15.6. The maximum Gasteiger partial charge on any atom is 0.192 e. The van der Waals surface area contributed by atoms with Crippen LogP contribution in [0, 0.1) is 11.3 Å². The van der Waals surface area contributed by atoms with Gasteiger partial charge < -0.3 is 16.0 Å². The van der Waals surface area contributed by atoms with E-state index >= 15 is 0 Å². The van der Waals surface area contributed by atoms with Crippen LogP contribution in [0.25, 0.3) is 10.2 Å². The minimum absolute atomic E-state index is 0.0489. The number of guanidine groups is 1. The molecule has 2 bridgehead atoms. The summed E-state index contributed by atoms with van der Waals surface area (Å²) in [6, 6.07) is 5.43. The second-order valence-electron chi connectivity index (χ2n) is 8.05. The van der Waals surface area contributed by atoms with Crippen LogP contribution >= 0.6 is 11.3 Å². The van der Waals surface area contributed by atoms with Crippen molar-refractivity contribution in [3.8, 4) is 0 Å². The summed E-state index contributed by atoms with van der Waals surface area (Å²) in [7, 11) is 2.31. The van der Waals surface area contributed by atoms with Gasteiger partial charge in [-0.2, -0.15) is 0 Å². The van der Waals surface area contributed by atoms with Crippen molar-refractivity contribution in [1.29, 1.82) is 5.41 Å². The van der Waals surface area contributed by atoms with Crippen molar-refractivity contribution < 1.29 is 0 Å². The zero-order valence-corrected chi connectivity index (χ0v) is 15.5. The van der Waals surface area contributed by atoms with Gasteiger partial charge in [-0.3, -0.25) is 5.41 Å². The van der Waals surface area contributed by atoms with Crippen molar-refractivity contribution in [3.05, 3.63) is 23.3 Å². The summed E-state index contributed by atoms with van der Waals surface area (Å²) < 4.78 is 1.20. The molecule has 2 aliphatic carbocycles. The molecule has 132 valence electrons. The van der Waals surface area contributed by atoms with Crippen molar-refractivity contribution in [3.63, 3.8) is 0 Å². The Morgan fingerprint density at radius 1 is 1.40 bits per heavy atom. The molecule has 0 radical (unpaired) electrons. The van der Waals surface area contributed by atoms with Crippen LogP contribution in [0.3, 0.4) is 0 Å². The van der Waals surface area contributed by atoms with E-state index in [0.29, 0.717) is 11.5 Å². The van der Waals surface area contributed by atoms with Gasteiger partial charge in [0.05, 0.1) is 10.2 Å². The van der Waals surface area contributed by atoms with E-state index in [9.17, 15) is 0 Å². The van der Waals surface area contributed by atoms with Crippen molar-refractivity contribution in [2.24, 2.45) is 11.7 Å². The predicted molar refractivity (Wildman–Crippen MR) is 104 cm³/mol. The molecule has 3 atom stereocenters. The molecule has 0 spiro atoms. The van der Waals surface area contributed by atoms with Crippen molar-refractivity contribution in [1.82, 2.24) is 9.88 Å². The molecule has 1 aromatic carbocycles. The molecular formula is C19H25N5S. The van der Waals surface area contributed by atoms with Crippen LogP contribution in [0.1, 0.15) is 43.2 Å². The van der Waals surface area contributed by atoms with Gasteiger partial charge in [-0.25, -0.2) is 4.98 Å². The Labute approximate surface area is 152 Å². The summed E-state index contributed by atoms with van der Waals surface area (Å²) in [5.41, 5.74) is 10.0. The Bertz CT molecular complexity index is 859. The molecule has 25 heavy (non-hydrogen) atoms. The first-order valence-corrected chi connectivity index (χ1v) is 10.1. The lowest BCUT2D eigenvalue weighted by atomic mass is 9.52. The number of nitrogens with two attached hydrogens (primary N) is 1. The summed E-state index contributed by atoms with van der Waals surface area (Å²) in [5.74, 6) is 0.755. The number of benzene rings is 1. The average molecular weight is 356 g/mol. The molecule has 1 saturated heterocycles. The number of likely N-dealkylation sites (N-methyl/N-ethyl adjacent to an activating group) is 1. The fraction of sp³-hybridized carbons (Fsp3) is 0.579. The SMILES string of the molecule is CN1CC[C@]23CCCC[C@H]2[C@H]1Cc1cc2sc(NC(=N)N)nc2cc13. The van der Waals surface area contributed by atoms with Crippen LogP contribution in [0.15, 0.2) is 12.1 Å². The van der Waals surface area contributed by atoms with Gasteiger partial charge in [-0.05, 0) is 68.5 Å². The molecule has 5 rings (SSSR count). The van der Waals surface area contributed by atoms with Crippen LogP contribution in [-0.4, -0.2) is 35.5 Å². The highest BCUT2D eigenvalue weighted by molar-refractivity contribution is 7.22.